The number of hydrogen-bond acceptors (Lipinski definition) is 4. The molecule has 1 N–H and O–H groups in total. The lowest BCUT2D eigenvalue weighted by atomic mass is 10.0. The topological polar surface area (TPSA) is 86.8 Å². The minimum Gasteiger partial charge on any atom is -0.354 e. The molecular weight excluding hydrogens is 582 g/mol. The van der Waals surface area contributed by atoms with Crippen LogP contribution in [0.5, 0.6) is 0 Å². The monoisotopic (exact) mass is 625 g/mol. The Morgan fingerprint density at radius 2 is 1.36 bits per heavy atom. The molecule has 0 fully saturated rings. The van der Waals surface area contributed by atoms with E-state index in [1.165, 1.54) is 9.21 Å². The predicted molar refractivity (Wildman–Crippen MR) is 180 cm³/mol. The number of carbonyl (C=O) groups excluding carboxylic acids is 2. The van der Waals surface area contributed by atoms with Gasteiger partial charge in [0.15, 0.2) is 0 Å². The number of anilines is 1. The molecule has 7 nitrogen and oxygen atoms in total. The number of nitrogens with zero attached hydrogens (tertiary/aromatic N) is 2. The van der Waals surface area contributed by atoms with Crippen LogP contribution in [-0.4, -0.2) is 44.3 Å². The van der Waals surface area contributed by atoms with E-state index < -0.39 is 28.5 Å². The van der Waals surface area contributed by atoms with Gasteiger partial charge in [-0.2, -0.15) is 0 Å². The maximum atomic E-state index is 14.6. The van der Waals surface area contributed by atoms with E-state index in [2.05, 4.69) is 5.32 Å². The van der Waals surface area contributed by atoms with Crippen LogP contribution >= 0.6 is 0 Å². The summed E-state index contributed by atoms with van der Waals surface area (Å²) >= 11 is 0. The molecule has 4 rings (SSSR count). The molecule has 0 radical (unpaired) electrons. The summed E-state index contributed by atoms with van der Waals surface area (Å²) < 4.78 is 29.8. The summed E-state index contributed by atoms with van der Waals surface area (Å²) in [6.07, 6.45) is 0.853. The van der Waals surface area contributed by atoms with E-state index in [9.17, 15) is 18.0 Å². The standard InChI is InChI=1S/C37H43N3O4S/c1-5-32-18-12-13-19-34(32)40(45(43,44)33-22-20-29(4)21-23-33)27-36(41)39(26-31-16-10-7-11-17-31)35(37(42)38-25-28(2)3)24-30-14-8-6-9-15-30/h6-23,28,35H,5,24-27H2,1-4H3,(H,38,42)/t35-/m1/s1. The van der Waals surface area contributed by atoms with Gasteiger partial charge in [-0.05, 0) is 54.2 Å². The number of nitrogens with one attached hydrogen (secondary N) is 1. The van der Waals surface area contributed by atoms with Crippen molar-refractivity contribution in [2.75, 3.05) is 17.4 Å². The third kappa shape index (κ3) is 8.82. The van der Waals surface area contributed by atoms with Crippen LogP contribution in [0.25, 0.3) is 0 Å². The first kappa shape index (κ1) is 33.5. The van der Waals surface area contributed by atoms with E-state index in [0.29, 0.717) is 18.7 Å². The second kappa shape index (κ2) is 15.5. The molecule has 236 valence electrons. The highest BCUT2D eigenvalue weighted by molar-refractivity contribution is 7.92. The number of carbonyl (C=O) groups is 2. The molecule has 0 heterocycles. The Morgan fingerprint density at radius 3 is 1.96 bits per heavy atom. The molecule has 0 aliphatic rings. The molecule has 4 aromatic carbocycles. The van der Waals surface area contributed by atoms with Crippen LogP contribution in [-0.2, 0) is 39.0 Å². The number of hydrogen-bond donors (Lipinski definition) is 1. The molecule has 0 saturated heterocycles. The zero-order chi connectivity index (χ0) is 32.4. The van der Waals surface area contributed by atoms with Crippen molar-refractivity contribution >= 4 is 27.5 Å². The Labute approximate surface area is 268 Å². The third-order valence-corrected chi connectivity index (χ3v) is 9.45. The van der Waals surface area contributed by atoms with Gasteiger partial charge in [-0.25, -0.2) is 8.42 Å². The van der Waals surface area contributed by atoms with Crippen LogP contribution in [0.15, 0.2) is 114 Å². The molecule has 8 heteroatoms. The van der Waals surface area contributed by atoms with E-state index in [1.807, 2.05) is 100 Å². The maximum Gasteiger partial charge on any atom is 0.264 e. The minimum atomic E-state index is -4.15. The molecule has 0 unspecified atom stereocenters. The minimum absolute atomic E-state index is 0.0944. The van der Waals surface area contributed by atoms with Crippen molar-refractivity contribution in [3.63, 3.8) is 0 Å². The van der Waals surface area contributed by atoms with Crippen LogP contribution in [0.3, 0.4) is 0 Å². The fourth-order valence-electron chi connectivity index (χ4n) is 5.16. The SMILES string of the molecule is CCc1ccccc1N(CC(=O)N(Cc1ccccc1)[C@H](Cc1ccccc1)C(=O)NCC(C)C)S(=O)(=O)c1ccc(C)cc1. The highest BCUT2D eigenvalue weighted by atomic mass is 32.2. The molecule has 2 amide bonds. The Kier molecular flexibility index (Phi) is 11.5. The highest BCUT2D eigenvalue weighted by Crippen LogP contribution is 2.28. The number of benzene rings is 4. The summed E-state index contributed by atoms with van der Waals surface area (Å²) in [5, 5.41) is 3.02. The molecule has 0 bridgehead atoms. The second-order valence-corrected chi connectivity index (χ2v) is 13.5. The summed E-state index contributed by atoms with van der Waals surface area (Å²) in [5.74, 6) is -0.537. The van der Waals surface area contributed by atoms with Crippen LogP contribution in [0, 0.1) is 12.8 Å². The normalized spacial score (nSPS) is 12.0. The first-order valence-corrected chi connectivity index (χ1v) is 16.9. The second-order valence-electron chi connectivity index (χ2n) is 11.7. The summed E-state index contributed by atoms with van der Waals surface area (Å²) in [5.41, 5.74) is 3.90. The van der Waals surface area contributed by atoms with Gasteiger partial charge in [0.05, 0.1) is 10.6 Å². The Bertz CT molecular complexity index is 1660. The van der Waals surface area contributed by atoms with E-state index in [-0.39, 0.29) is 29.7 Å². The predicted octanol–water partition coefficient (Wildman–Crippen LogP) is 6.17. The van der Waals surface area contributed by atoms with Gasteiger partial charge in [-0.15, -0.1) is 0 Å². The van der Waals surface area contributed by atoms with Gasteiger partial charge in [0.1, 0.15) is 12.6 Å². The first-order chi connectivity index (χ1) is 21.6. The summed E-state index contributed by atoms with van der Waals surface area (Å²) in [6.45, 7) is 7.99. The van der Waals surface area contributed by atoms with E-state index in [4.69, 9.17) is 0 Å². The molecule has 0 aliphatic heterocycles. The summed E-state index contributed by atoms with van der Waals surface area (Å²) in [7, 11) is -4.15. The average Bonchev–Trinajstić information content (AvgIpc) is 3.05. The van der Waals surface area contributed by atoms with Gasteiger partial charge < -0.3 is 10.2 Å². The van der Waals surface area contributed by atoms with Crippen molar-refractivity contribution in [2.45, 2.75) is 58.0 Å². The van der Waals surface area contributed by atoms with Crippen LogP contribution < -0.4 is 9.62 Å². The van der Waals surface area contributed by atoms with Crippen molar-refractivity contribution < 1.29 is 18.0 Å². The third-order valence-electron chi connectivity index (χ3n) is 7.68. The fraction of sp³-hybridized carbons (Fsp3) is 0.297. The number of para-hydroxylation sites is 1. The molecule has 0 aromatic heterocycles. The smallest absolute Gasteiger partial charge is 0.264 e. The van der Waals surface area contributed by atoms with Gasteiger partial charge >= 0.3 is 0 Å². The van der Waals surface area contributed by atoms with Gasteiger partial charge in [0.25, 0.3) is 10.0 Å². The summed E-state index contributed by atoms with van der Waals surface area (Å²) in [6, 6.07) is 32.0. The van der Waals surface area contributed by atoms with Crippen LogP contribution in [0.2, 0.25) is 0 Å². The molecule has 0 saturated carbocycles. The Balaban J connectivity index is 1.81. The van der Waals surface area contributed by atoms with Crippen molar-refractivity contribution in [3.8, 4) is 0 Å². The van der Waals surface area contributed by atoms with Gasteiger partial charge in [-0.1, -0.05) is 117 Å². The van der Waals surface area contributed by atoms with E-state index in [0.717, 1.165) is 22.3 Å². The van der Waals surface area contributed by atoms with Crippen molar-refractivity contribution in [1.29, 1.82) is 0 Å². The van der Waals surface area contributed by atoms with Gasteiger partial charge in [-0.3, -0.25) is 13.9 Å². The highest BCUT2D eigenvalue weighted by Gasteiger charge is 2.35. The molecule has 0 aliphatic carbocycles. The lowest BCUT2D eigenvalue weighted by Gasteiger charge is -2.34. The van der Waals surface area contributed by atoms with Gasteiger partial charge in [0.2, 0.25) is 11.8 Å². The van der Waals surface area contributed by atoms with Crippen LogP contribution in [0.4, 0.5) is 5.69 Å². The van der Waals surface area contributed by atoms with Crippen molar-refractivity contribution in [1.82, 2.24) is 10.2 Å². The fourth-order valence-corrected chi connectivity index (χ4v) is 6.61. The first-order valence-electron chi connectivity index (χ1n) is 15.4. The number of sulfonamides is 1. The molecule has 1 atom stereocenters. The molecule has 45 heavy (non-hydrogen) atoms. The number of rotatable bonds is 14. The van der Waals surface area contributed by atoms with Crippen molar-refractivity contribution in [3.05, 3.63) is 131 Å². The lowest BCUT2D eigenvalue weighted by Crippen LogP contribution is -2.53. The largest absolute Gasteiger partial charge is 0.354 e. The lowest BCUT2D eigenvalue weighted by molar-refractivity contribution is -0.140. The molecular formula is C37H43N3O4S. The Morgan fingerprint density at radius 1 is 0.778 bits per heavy atom. The zero-order valence-corrected chi connectivity index (χ0v) is 27.3. The van der Waals surface area contributed by atoms with Crippen LogP contribution in [0.1, 0.15) is 43.0 Å². The Hall–Kier alpha value is -4.43. The summed E-state index contributed by atoms with van der Waals surface area (Å²) in [4.78, 5) is 30.1. The van der Waals surface area contributed by atoms with E-state index >= 15 is 0 Å². The quantitative estimate of drug-likeness (QED) is 0.182. The zero-order valence-electron chi connectivity index (χ0n) is 26.5. The number of aryl methyl sites for hydroxylation is 2. The maximum absolute atomic E-state index is 14.6. The van der Waals surface area contributed by atoms with E-state index in [1.54, 1.807) is 36.4 Å². The molecule has 4 aromatic rings. The van der Waals surface area contributed by atoms with Gasteiger partial charge in [0, 0.05) is 19.5 Å². The number of amides is 2. The average molecular weight is 626 g/mol. The molecule has 0 spiro atoms. The van der Waals surface area contributed by atoms with Crippen molar-refractivity contribution in [2.24, 2.45) is 5.92 Å².